The first kappa shape index (κ1) is 16.2. The number of piperidine rings is 1. The zero-order valence-corrected chi connectivity index (χ0v) is 14.0. The minimum atomic E-state index is -2.82. The van der Waals surface area contributed by atoms with Crippen molar-refractivity contribution in [1.82, 2.24) is 4.90 Å². The van der Waals surface area contributed by atoms with Crippen LogP contribution in [0.25, 0.3) is 0 Å². The first-order chi connectivity index (χ1) is 9.19. The largest absolute Gasteiger partial charge is 0.329 e. The molecule has 2 fully saturated rings. The predicted octanol–water partition coefficient (Wildman–Crippen LogP) is 1.65. The highest BCUT2D eigenvalue weighted by Gasteiger charge is 2.43. The fourth-order valence-corrected chi connectivity index (χ4v) is 5.37. The molecule has 0 aromatic heterocycles. The second-order valence-corrected chi connectivity index (χ2v) is 10.0. The van der Waals surface area contributed by atoms with Crippen molar-refractivity contribution >= 4 is 9.84 Å². The molecule has 2 saturated heterocycles. The summed E-state index contributed by atoms with van der Waals surface area (Å²) in [5, 5.41) is 0. The average Bonchev–Trinajstić information content (AvgIpc) is 2.39. The Labute approximate surface area is 124 Å². The lowest BCUT2D eigenvalue weighted by Gasteiger charge is -2.50. The smallest absolute Gasteiger partial charge is 0.150 e. The summed E-state index contributed by atoms with van der Waals surface area (Å²) in [4.78, 5) is 2.49. The summed E-state index contributed by atoms with van der Waals surface area (Å²) in [6, 6.07) is 0. The maximum Gasteiger partial charge on any atom is 0.150 e. The molecule has 0 radical (unpaired) electrons. The summed E-state index contributed by atoms with van der Waals surface area (Å²) in [6.45, 7) is 9.68. The van der Waals surface area contributed by atoms with Gasteiger partial charge in [0.15, 0.2) is 0 Å². The molecule has 0 bridgehead atoms. The standard InChI is InChI=1S/C15H30N2O2S/c1-14(2,3)13-4-8-17(9-5-13)15(12-16)6-10-20(18,19)11-7-15/h13H,4-12,16H2,1-3H3. The molecule has 0 amide bonds. The van der Waals surface area contributed by atoms with Gasteiger partial charge >= 0.3 is 0 Å². The molecule has 118 valence electrons. The number of rotatable bonds is 2. The summed E-state index contributed by atoms with van der Waals surface area (Å²) < 4.78 is 23.3. The second kappa shape index (κ2) is 5.58. The van der Waals surface area contributed by atoms with Crippen LogP contribution in [-0.4, -0.2) is 50.0 Å². The van der Waals surface area contributed by atoms with Gasteiger partial charge in [0.05, 0.1) is 11.5 Å². The van der Waals surface area contributed by atoms with Gasteiger partial charge in [0.1, 0.15) is 9.84 Å². The normalized spacial score (nSPS) is 28.4. The molecule has 0 saturated carbocycles. The van der Waals surface area contributed by atoms with E-state index in [-0.39, 0.29) is 5.54 Å². The van der Waals surface area contributed by atoms with Gasteiger partial charge in [-0.25, -0.2) is 8.42 Å². The van der Waals surface area contributed by atoms with Gasteiger partial charge in [-0.1, -0.05) is 20.8 Å². The zero-order valence-electron chi connectivity index (χ0n) is 13.2. The molecule has 2 aliphatic heterocycles. The van der Waals surface area contributed by atoms with E-state index < -0.39 is 9.84 Å². The van der Waals surface area contributed by atoms with E-state index in [1.54, 1.807) is 0 Å². The molecular formula is C15H30N2O2S. The molecule has 5 heteroatoms. The van der Waals surface area contributed by atoms with E-state index in [2.05, 4.69) is 25.7 Å². The Kier molecular flexibility index (Phi) is 4.53. The molecule has 0 aliphatic carbocycles. The van der Waals surface area contributed by atoms with E-state index >= 15 is 0 Å². The van der Waals surface area contributed by atoms with Crippen LogP contribution in [0.15, 0.2) is 0 Å². The molecule has 0 aromatic rings. The molecule has 2 heterocycles. The number of nitrogens with two attached hydrogens (primary N) is 1. The minimum Gasteiger partial charge on any atom is -0.329 e. The fraction of sp³-hybridized carbons (Fsp3) is 1.00. The van der Waals surface area contributed by atoms with Gasteiger partial charge in [0, 0.05) is 12.1 Å². The van der Waals surface area contributed by atoms with E-state index in [1.807, 2.05) is 0 Å². The van der Waals surface area contributed by atoms with Gasteiger partial charge < -0.3 is 5.73 Å². The number of nitrogens with zero attached hydrogens (tertiary/aromatic N) is 1. The Hall–Kier alpha value is -0.130. The van der Waals surface area contributed by atoms with E-state index in [0.717, 1.165) is 19.0 Å². The third kappa shape index (κ3) is 3.37. The van der Waals surface area contributed by atoms with Crippen LogP contribution >= 0.6 is 0 Å². The fourth-order valence-electron chi connectivity index (χ4n) is 3.79. The summed E-state index contributed by atoms with van der Waals surface area (Å²) >= 11 is 0. The van der Waals surface area contributed by atoms with Gasteiger partial charge in [0.2, 0.25) is 0 Å². The maximum absolute atomic E-state index is 11.7. The quantitative estimate of drug-likeness (QED) is 0.842. The van der Waals surface area contributed by atoms with Gasteiger partial charge in [0.25, 0.3) is 0 Å². The van der Waals surface area contributed by atoms with Crippen LogP contribution in [0.1, 0.15) is 46.5 Å². The van der Waals surface area contributed by atoms with E-state index in [4.69, 9.17) is 5.73 Å². The monoisotopic (exact) mass is 302 g/mol. The lowest BCUT2D eigenvalue weighted by atomic mass is 9.74. The highest BCUT2D eigenvalue weighted by atomic mass is 32.2. The molecule has 2 N–H and O–H groups in total. The van der Waals surface area contributed by atoms with Crippen LogP contribution in [0.3, 0.4) is 0 Å². The topological polar surface area (TPSA) is 63.4 Å². The lowest BCUT2D eigenvalue weighted by molar-refractivity contribution is 0.0236. The van der Waals surface area contributed by atoms with Crippen molar-refractivity contribution in [2.24, 2.45) is 17.1 Å². The highest BCUT2D eigenvalue weighted by Crippen LogP contribution is 2.38. The van der Waals surface area contributed by atoms with Gasteiger partial charge in [-0.15, -0.1) is 0 Å². The van der Waals surface area contributed by atoms with Crippen molar-refractivity contribution in [1.29, 1.82) is 0 Å². The minimum absolute atomic E-state index is 0.0613. The van der Waals surface area contributed by atoms with Crippen LogP contribution in [0.2, 0.25) is 0 Å². The Morgan fingerprint density at radius 2 is 1.65 bits per heavy atom. The molecule has 20 heavy (non-hydrogen) atoms. The Morgan fingerprint density at radius 1 is 1.15 bits per heavy atom. The van der Waals surface area contributed by atoms with Gasteiger partial charge in [-0.05, 0) is 50.1 Å². The Bertz CT molecular complexity index is 417. The highest BCUT2D eigenvalue weighted by molar-refractivity contribution is 7.91. The number of hydrogen-bond donors (Lipinski definition) is 1. The van der Waals surface area contributed by atoms with Gasteiger partial charge in [-0.2, -0.15) is 0 Å². The lowest BCUT2D eigenvalue weighted by Crippen LogP contribution is -2.60. The Morgan fingerprint density at radius 3 is 2.05 bits per heavy atom. The second-order valence-electron chi connectivity index (χ2n) is 7.71. The maximum atomic E-state index is 11.7. The van der Waals surface area contributed by atoms with Gasteiger partial charge in [-0.3, -0.25) is 4.90 Å². The van der Waals surface area contributed by atoms with Crippen molar-refractivity contribution in [3.05, 3.63) is 0 Å². The first-order valence-corrected chi connectivity index (χ1v) is 9.66. The van der Waals surface area contributed by atoms with Crippen molar-refractivity contribution in [2.45, 2.75) is 52.0 Å². The summed E-state index contributed by atoms with van der Waals surface area (Å²) in [5.41, 5.74) is 6.35. The first-order valence-electron chi connectivity index (χ1n) is 7.84. The molecule has 0 unspecified atom stereocenters. The van der Waals surface area contributed by atoms with Crippen molar-refractivity contribution in [3.8, 4) is 0 Å². The van der Waals surface area contributed by atoms with Crippen molar-refractivity contribution in [2.75, 3.05) is 31.1 Å². The molecule has 0 aromatic carbocycles. The molecular weight excluding hydrogens is 272 g/mol. The molecule has 2 aliphatic rings. The third-order valence-electron chi connectivity index (χ3n) is 5.53. The molecule has 2 rings (SSSR count). The van der Waals surface area contributed by atoms with Crippen LogP contribution in [0.5, 0.6) is 0 Å². The van der Waals surface area contributed by atoms with Crippen LogP contribution < -0.4 is 5.73 Å². The SMILES string of the molecule is CC(C)(C)C1CCN(C2(CN)CCS(=O)(=O)CC2)CC1. The van der Waals surface area contributed by atoms with E-state index in [1.165, 1.54) is 12.8 Å². The summed E-state index contributed by atoms with van der Waals surface area (Å²) in [6.07, 6.45) is 3.84. The number of likely N-dealkylation sites (tertiary alicyclic amines) is 1. The van der Waals surface area contributed by atoms with Crippen molar-refractivity contribution < 1.29 is 8.42 Å². The van der Waals surface area contributed by atoms with Crippen LogP contribution in [-0.2, 0) is 9.84 Å². The van der Waals surface area contributed by atoms with Crippen LogP contribution in [0.4, 0.5) is 0 Å². The summed E-state index contributed by atoms with van der Waals surface area (Å²) in [7, 11) is -2.82. The van der Waals surface area contributed by atoms with E-state index in [9.17, 15) is 8.42 Å². The third-order valence-corrected chi connectivity index (χ3v) is 7.18. The zero-order chi connectivity index (χ0) is 15.0. The number of hydrogen-bond acceptors (Lipinski definition) is 4. The molecule has 4 nitrogen and oxygen atoms in total. The Balaban J connectivity index is 2.01. The number of sulfone groups is 1. The average molecular weight is 302 g/mol. The molecule has 0 spiro atoms. The van der Waals surface area contributed by atoms with Crippen LogP contribution in [0, 0.1) is 11.3 Å². The van der Waals surface area contributed by atoms with Crippen molar-refractivity contribution in [3.63, 3.8) is 0 Å². The predicted molar refractivity (Wildman–Crippen MR) is 83.4 cm³/mol. The van der Waals surface area contributed by atoms with E-state index in [0.29, 0.717) is 36.3 Å². The molecule has 0 atom stereocenters. The summed E-state index contributed by atoms with van der Waals surface area (Å²) in [5.74, 6) is 1.38.